The number of amides is 1. The molecule has 1 aromatic carbocycles. The lowest BCUT2D eigenvalue weighted by Crippen LogP contribution is -2.45. The molecule has 0 spiro atoms. The molecule has 0 atom stereocenters. The highest BCUT2D eigenvalue weighted by Crippen LogP contribution is 2.39. The Kier molecular flexibility index (Phi) is 3.78. The number of aromatic nitrogens is 5. The average Bonchev–Trinajstić information content (AvgIpc) is 3.39. The number of aromatic amines is 1. The lowest BCUT2D eigenvalue weighted by molar-refractivity contribution is 0.0905. The topological polar surface area (TPSA) is 88.5 Å². The van der Waals surface area contributed by atoms with Crippen molar-refractivity contribution in [2.75, 3.05) is 0 Å². The van der Waals surface area contributed by atoms with E-state index in [-0.39, 0.29) is 11.4 Å². The van der Waals surface area contributed by atoms with E-state index in [1.807, 2.05) is 11.7 Å². The molecule has 0 aliphatic heterocycles. The van der Waals surface area contributed by atoms with Crippen molar-refractivity contribution >= 4 is 28.0 Å². The number of H-pyrrole nitrogens is 1. The van der Waals surface area contributed by atoms with Crippen molar-refractivity contribution in [3.05, 3.63) is 41.7 Å². The molecule has 3 aromatic heterocycles. The van der Waals surface area contributed by atoms with Crippen LogP contribution in [0.3, 0.4) is 0 Å². The first-order valence-corrected chi connectivity index (χ1v) is 9.94. The average molecular weight is 388 g/mol. The van der Waals surface area contributed by atoms with Crippen LogP contribution in [-0.2, 0) is 7.05 Å². The molecule has 29 heavy (non-hydrogen) atoms. The maximum Gasteiger partial charge on any atom is 0.255 e. The number of carbonyl (C=O) groups is 1. The highest BCUT2D eigenvalue weighted by Gasteiger charge is 2.39. The molecule has 1 saturated carbocycles. The van der Waals surface area contributed by atoms with E-state index in [9.17, 15) is 4.79 Å². The third kappa shape index (κ3) is 2.97. The van der Waals surface area contributed by atoms with Crippen molar-refractivity contribution in [2.24, 2.45) is 13.0 Å². The number of hydrogen-bond acceptors (Lipinski definition) is 4. The number of hydrogen-bond donors (Lipinski definition) is 2. The largest absolute Gasteiger partial charge is 0.347 e. The molecule has 7 heteroatoms. The van der Waals surface area contributed by atoms with Gasteiger partial charge in [0.2, 0.25) is 0 Å². The molecule has 1 amide bonds. The van der Waals surface area contributed by atoms with Crippen LogP contribution >= 0.6 is 0 Å². The first-order chi connectivity index (χ1) is 13.8. The van der Waals surface area contributed by atoms with Crippen LogP contribution in [0.1, 0.15) is 42.6 Å². The number of carbonyl (C=O) groups excluding carboxylic acids is 1. The standard InChI is InChI=1S/C22H24N6O/c1-12-5-8-14-17(9-12)28(4)27-18(14)16-11-24-20-19(25-16)15(10-23-20)21(29)26-22(2,3)13-6-7-13/h5,8-11,13H,6-7H2,1-4H3,(H,23,24)(H,26,29). The molecule has 4 aromatic rings. The zero-order valence-corrected chi connectivity index (χ0v) is 17.1. The minimum Gasteiger partial charge on any atom is -0.347 e. The summed E-state index contributed by atoms with van der Waals surface area (Å²) in [5.41, 5.74) is 5.10. The predicted molar refractivity (Wildman–Crippen MR) is 113 cm³/mol. The van der Waals surface area contributed by atoms with Crippen molar-refractivity contribution in [2.45, 2.75) is 39.2 Å². The first-order valence-electron chi connectivity index (χ1n) is 9.94. The van der Waals surface area contributed by atoms with E-state index in [1.54, 1.807) is 12.4 Å². The lowest BCUT2D eigenvalue weighted by atomic mass is 9.98. The molecule has 3 heterocycles. The van der Waals surface area contributed by atoms with Crippen LogP contribution in [0.4, 0.5) is 0 Å². The van der Waals surface area contributed by atoms with Crippen molar-refractivity contribution in [3.63, 3.8) is 0 Å². The molecule has 1 aliphatic carbocycles. The number of fused-ring (bicyclic) bond motifs is 2. The second kappa shape index (κ2) is 6.14. The van der Waals surface area contributed by atoms with Crippen LogP contribution in [0.2, 0.25) is 0 Å². The van der Waals surface area contributed by atoms with Gasteiger partial charge < -0.3 is 10.3 Å². The fourth-order valence-corrected chi connectivity index (χ4v) is 4.00. The summed E-state index contributed by atoms with van der Waals surface area (Å²) < 4.78 is 1.85. The van der Waals surface area contributed by atoms with Gasteiger partial charge in [-0.15, -0.1) is 0 Å². The van der Waals surface area contributed by atoms with Gasteiger partial charge in [-0.2, -0.15) is 5.10 Å². The Bertz CT molecular complexity index is 1260. The Morgan fingerprint density at radius 3 is 2.86 bits per heavy atom. The fraction of sp³-hybridized carbons (Fsp3) is 0.364. The van der Waals surface area contributed by atoms with E-state index in [4.69, 9.17) is 4.98 Å². The van der Waals surface area contributed by atoms with E-state index >= 15 is 0 Å². The number of rotatable bonds is 4. The highest BCUT2D eigenvalue weighted by molar-refractivity contribution is 6.05. The minimum atomic E-state index is -0.221. The van der Waals surface area contributed by atoms with Crippen molar-refractivity contribution in [3.8, 4) is 11.4 Å². The van der Waals surface area contributed by atoms with E-state index in [1.165, 1.54) is 5.56 Å². The highest BCUT2D eigenvalue weighted by atomic mass is 16.1. The Morgan fingerprint density at radius 2 is 2.10 bits per heavy atom. The van der Waals surface area contributed by atoms with Crippen molar-refractivity contribution in [1.29, 1.82) is 0 Å². The zero-order valence-electron chi connectivity index (χ0n) is 17.1. The Morgan fingerprint density at radius 1 is 1.31 bits per heavy atom. The molecular weight excluding hydrogens is 364 g/mol. The zero-order chi connectivity index (χ0) is 20.3. The third-order valence-electron chi connectivity index (χ3n) is 5.91. The van der Waals surface area contributed by atoms with Crippen LogP contribution in [0, 0.1) is 12.8 Å². The van der Waals surface area contributed by atoms with Gasteiger partial charge in [-0.05, 0) is 51.2 Å². The van der Waals surface area contributed by atoms with Gasteiger partial charge in [-0.1, -0.05) is 12.1 Å². The van der Waals surface area contributed by atoms with Gasteiger partial charge in [0.25, 0.3) is 5.91 Å². The van der Waals surface area contributed by atoms with Crippen LogP contribution in [0.25, 0.3) is 33.5 Å². The van der Waals surface area contributed by atoms with E-state index in [2.05, 4.69) is 59.4 Å². The molecule has 0 saturated heterocycles. The summed E-state index contributed by atoms with van der Waals surface area (Å²) in [6.45, 7) is 6.22. The molecule has 0 radical (unpaired) electrons. The molecule has 0 unspecified atom stereocenters. The van der Waals surface area contributed by atoms with Gasteiger partial charge in [0.1, 0.15) is 16.9 Å². The van der Waals surface area contributed by atoms with Gasteiger partial charge in [0.15, 0.2) is 5.65 Å². The summed E-state index contributed by atoms with van der Waals surface area (Å²) >= 11 is 0. The molecular formula is C22H24N6O. The van der Waals surface area contributed by atoms with Crippen LogP contribution in [-0.4, -0.2) is 36.2 Å². The van der Waals surface area contributed by atoms with Crippen LogP contribution in [0.15, 0.2) is 30.6 Å². The molecule has 1 fully saturated rings. The molecule has 2 N–H and O–H groups in total. The Hall–Kier alpha value is -3.22. The molecule has 148 valence electrons. The van der Waals surface area contributed by atoms with Crippen molar-refractivity contribution < 1.29 is 4.79 Å². The predicted octanol–water partition coefficient (Wildman–Crippen LogP) is 3.74. The van der Waals surface area contributed by atoms with E-state index in [0.717, 1.165) is 29.4 Å². The molecule has 0 bridgehead atoms. The second-order valence-corrected chi connectivity index (χ2v) is 8.60. The third-order valence-corrected chi connectivity index (χ3v) is 5.91. The lowest BCUT2D eigenvalue weighted by Gasteiger charge is -2.25. The Labute approximate surface area is 168 Å². The summed E-state index contributed by atoms with van der Waals surface area (Å²) in [5.74, 6) is 0.419. The van der Waals surface area contributed by atoms with Gasteiger partial charge in [-0.3, -0.25) is 9.48 Å². The van der Waals surface area contributed by atoms with E-state index in [0.29, 0.717) is 28.3 Å². The number of benzene rings is 1. The van der Waals surface area contributed by atoms with Gasteiger partial charge in [-0.25, -0.2) is 9.97 Å². The van der Waals surface area contributed by atoms with Crippen molar-refractivity contribution in [1.82, 2.24) is 30.0 Å². The SMILES string of the molecule is Cc1ccc2c(-c3cnc4[nH]cc(C(=O)NC(C)(C)C5CC5)c4n3)nn(C)c2c1. The normalized spacial score (nSPS) is 14.6. The summed E-state index contributed by atoms with van der Waals surface area (Å²) in [6.07, 6.45) is 5.72. The monoisotopic (exact) mass is 388 g/mol. The number of aryl methyl sites for hydroxylation is 2. The Balaban J connectivity index is 1.57. The fourth-order valence-electron chi connectivity index (χ4n) is 4.00. The maximum atomic E-state index is 13.0. The molecule has 1 aliphatic rings. The molecule has 7 nitrogen and oxygen atoms in total. The summed E-state index contributed by atoms with van der Waals surface area (Å²) in [5, 5.41) is 8.84. The van der Waals surface area contributed by atoms with Crippen LogP contribution < -0.4 is 5.32 Å². The van der Waals surface area contributed by atoms with E-state index < -0.39 is 0 Å². The van der Waals surface area contributed by atoms with Gasteiger partial charge in [0, 0.05) is 24.2 Å². The smallest absolute Gasteiger partial charge is 0.255 e. The summed E-state index contributed by atoms with van der Waals surface area (Å²) in [7, 11) is 1.92. The number of nitrogens with zero attached hydrogens (tertiary/aromatic N) is 4. The van der Waals surface area contributed by atoms with Crippen LogP contribution in [0.5, 0.6) is 0 Å². The molecule has 5 rings (SSSR count). The summed E-state index contributed by atoms with van der Waals surface area (Å²) in [6, 6.07) is 6.23. The quantitative estimate of drug-likeness (QED) is 0.557. The van der Waals surface area contributed by atoms with Gasteiger partial charge in [0.05, 0.1) is 17.3 Å². The summed E-state index contributed by atoms with van der Waals surface area (Å²) in [4.78, 5) is 25.3. The van der Waals surface area contributed by atoms with Gasteiger partial charge >= 0.3 is 0 Å². The maximum absolute atomic E-state index is 13.0. The second-order valence-electron chi connectivity index (χ2n) is 8.60. The minimum absolute atomic E-state index is 0.124. The first kappa shape index (κ1) is 17.8. The number of nitrogens with one attached hydrogen (secondary N) is 2.